The summed E-state index contributed by atoms with van der Waals surface area (Å²) in [6.45, 7) is 6.97. The van der Waals surface area contributed by atoms with Crippen LogP contribution in [0.1, 0.15) is 23.6 Å². The van der Waals surface area contributed by atoms with Crippen LogP contribution in [-0.2, 0) is 15.8 Å². The molecule has 228 valence electrons. The van der Waals surface area contributed by atoms with E-state index >= 15 is 0 Å². The number of methoxy groups -OCH3 is 1. The minimum atomic E-state index is -4.70. The zero-order valence-corrected chi connectivity index (χ0v) is 23.6. The molecule has 2 fully saturated rings. The fourth-order valence-electron chi connectivity index (χ4n) is 5.07. The molecule has 0 aliphatic carbocycles. The number of piperazine rings is 1. The molecule has 2 saturated heterocycles. The van der Waals surface area contributed by atoms with Crippen LogP contribution in [-0.4, -0.2) is 67.7 Å². The molecule has 3 aromatic rings. The molecule has 43 heavy (non-hydrogen) atoms. The van der Waals surface area contributed by atoms with Crippen LogP contribution in [0.3, 0.4) is 0 Å². The zero-order chi connectivity index (χ0) is 30.7. The third kappa shape index (κ3) is 6.81. The average molecular weight is 602 g/mol. The van der Waals surface area contributed by atoms with Crippen LogP contribution >= 0.6 is 0 Å². The Hall–Kier alpha value is -4.43. The standard InChI is InChI=1S/C29H31F4N7O3/c1-4-28(41)37-21-14-22(25(42-3)15-24(21)39-8-6-38(2)7-9-39)36-26-16-27(35-17-34-26)40-23(5-10-43-40)18-11-19(29(31,32)33)13-20(30)12-18/h4,11-17,23H,1,5-10H2,2-3H3,(H,37,41)(H,34,35,36)/t23-/m1/s1. The Morgan fingerprint density at radius 1 is 1.09 bits per heavy atom. The lowest BCUT2D eigenvalue weighted by Crippen LogP contribution is -2.44. The molecule has 2 aliphatic rings. The molecule has 1 atom stereocenters. The molecule has 2 aromatic carbocycles. The number of nitrogens with zero attached hydrogens (tertiary/aromatic N) is 5. The molecule has 0 spiro atoms. The van der Waals surface area contributed by atoms with Gasteiger partial charge < -0.3 is 25.2 Å². The molecule has 2 aliphatic heterocycles. The number of ether oxygens (including phenoxy) is 1. The van der Waals surface area contributed by atoms with Crippen LogP contribution in [0.2, 0.25) is 0 Å². The Labute approximate surface area is 245 Å². The van der Waals surface area contributed by atoms with Crippen molar-refractivity contribution in [3.8, 4) is 5.75 Å². The molecule has 5 rings (SSSR count). The first-order valence-electron chi connectivity index (χ1n) is 13.5. The van der Waals surface area contributed by atoms with Gasteiger partial charge in [-0.05, 0) is 43.0 Å². The van der Waals surface area contributed by atoms with Gasteiger partial charge in [0.15, 0.2) is 5.82 Å². The van der Waals surface area contributed by atoms with Crippen molar-refractivity contribution in [1.29, 1.82) is 0 Å². The highest BCUT2D eigenvalue weighted by atomic mass is 19.4. The van der Waals surface area contributed by atoms with E-state index in [1.165, 1.54) is 24.6 Å². The first-order chi connectivity index (χ1) is 20.5. The van der Waals surface area contributed by atoms with Gasteiger partial charge in [0.1, 0.15) is 23.7 Å². The quantitative estimate of drug-likeness (QED) is 0.269. The Bertz CT molecular complexity index is 1500. The first-order valence-corrected chi connectivity index (χ1v) is 13.5. The molecule has 0 saturated carbocycles. The van der Waals surface area contributed by atoms with Crippen molar-refractivity contribution in [3.05, 3.63) is 72.3 Å². The van der Waals surface area contributed by atoms with E-state index in [4.69, 9.17) is 9.57 Å². The Morgan fingerprint density at radius 3 is 2.56 bits per heavy atom. The van der Waals surface area contributed by atoms with Crippen LogP contribution < -0.4 is 25.3 Å². The van der Waals surface area contributed by atoms with E-state index in [0.717, 1.165) is 44.0 Å². The van der Waals surface area contributed by atoms with Crippen molar-refractivity contribution in [3.63, 3.8) is 0 Å². The second kappa shape index (κ2) is 12.4. The molecule has 0 unspecified atom stereocenters. The Balaban J connectivity index is 1.44. The van der Waals surface area contributed by atoms with E-state index in [1.807, 2.05) is 6.07 Å². The molecule has 3 heterocycles. The number of rotatable bonds is 8. The van der Waals surface area contributed by atoms with Gasteiger partial charge in [0, 0.05) is 44.7 Å². The first kappa shape index (κ1) is 30.0. The van der Waals surface area contributed by atoms with E-state index in [-0.39, 0.29) is 23.9 Å². The second-order valence-electron chi connectivity index (χ2n) is 10.2. The van der Waals surface area contributed by atoms with Gasteiger partial charge in [-0.1, -0.05) is 6.58 Å². The number of aromatic nitrogens is 2. The Kier molecular flexibility index (Phi) is 8.69. The number of hydroxylamine groups is 1. The van der Waals surface area contributed by atoms with Crippen molar-refractivity contribution < 1.29 is 31.9 Å². The fraction of sp³-hybridized carbons (Fsp3) is 0.345. The molecule has 0 bridgehead atoms. The molecular weight excluding hydrogens is 570 g/mol. The van der Waals surface area contributed by atoms with Crippen LogP contribution in [0.4, 0.5) is 46.3 Å². The average Bonchev–Trinajstić information content (AvgIpc) is 3.47. The summed E-state index contributed by atoms with van der Waals surface area (Å²) in [6.07, 6.45) is -1.92. The van der Waals surface area contributed by atoms with Gasteiger partial charge >= 0.3 is 6.18 Å². The monoisotopic (exact) mass is 601 g/mol. The van der Waals surface area contributed by atoms with Gasteiger partial charge in [-0.15, -0.1) is 0 Å². The maximum atomic E-state index is 14.2. The van der Waals surface area contributed by atoms with Crippen LogP contribution in [0, 0.1) is 5.82 Å². The Morgan fingerprint density at radius 2 is 1.86 bits per heavy atom. The molecule has 14 heteroatoms. The van der Waals surface area contributed by atoms with E-state index in [9.17, 15) is 22.4 Å². The lowest BCUT2D eigenvalue weighted by atomic mass is 10.0. The molecule has 0 radical (unpaired) electrons. The smallest absolute Gasteiger partial charge is 0.416 e. The minimum absolute atomic E-state index is 0.113. The number of carbonyl (C=O) groups is 1. The number of nitrogens with one attached hydrogen (secondary N) is 2. The van der Waals surface area contributed by atoms with E-state index in [0.29, 0.717) is 35.4 Å². The van der Waals surface area contributed by atoms with Crippen LogP contribution in [0.15, 0.2) is 55.4 Å². The number of likely N-dealkylation sites (N-methyl/N-ethyl adjacent to an activating group) is 1. The molecule has 10 nitrogen and oxygen atoms in total. The minimum Gasteiger partial charge on any atom is -0.494 e. The maximum Gasteiger partial charge on any atom is 0.416 e. The summed E-state index contributed by atoms with van der Waals surface area (Å²) < 4.78 is 59.9. The largest absolute Gasteiger partial charge is 0.494 e. The van der Waals surface area contributed by atoms with Gasteiger partial charge in [0.05, 0.1) is 42.4 Å². The summed E-state index contributed by atoms with van der Waals surface area (Å²) in [4.78, 5) is 30.9. The predicted octanol–water partition coefficient (Wildman–Crippen LogP) is 5.15. The molecule has 2 N–H and O–H groups in total. The van der Waals surface area contributed by atoms with E-state index in [1.54, 1.807) is 12.1 Å². The van der Waals surface area contributed by atoms with Crippen molar-refractivity contribution in [2.24, 2.45) is 0 Å². The number of benzene rings is 2. The zero-order valence-electron chi connectivity index (χ0n) is 23.6. The number of hydrogen-bond acceptors (Lipinski definition) is 9. The van der Waals surface area contributed by atoms with Gasteiger partial charge in [-0.25, -0.2) is 19.4 Å². The van der Waals surface area contributed by atoms with E-state index in [2.05, 4.69) is 44.0 Å². The number of anilines is 5. The second-order valence-corrected chi connectivity index (χ2v) is 10.2. The highest BCUT2D eigenvalue weighted by molar-refractivity contribution is 6.02. The summed E-state index contributed by atoms with van der Waals surface area (Å²) in [5, 5.41) is 7.40. The van der Waals surface area contributed by atoms with Crippen molar-refractivity contribution in [2.45, 2.75) is 18.6 Å². The van der Waals surface area contributed by atoms with Gasteiger partial charge in [-0.2, -0.15) is 13.2 Å². The lowest BCUT2D eigenvalue weighted by Gasteiger charge is -2.35. The lowest BCUT2D eigenvalue weighted by molar-refractivity contribution is -0.137. The molecule has 1 amide bonds. The highest BCUT2D eigenvalue weighted by Crippen LogP contribution is 2.41. The summed E-state index contributed by atoms with van der Waals surface area (Å²) in [5.74, 6) is -0.306. The topological polar surface area (TPSA) is 95.1 Å². The number of halogens is 4. The van der Waals surface area contributed by atoms with Crippen LogP contribution in [0.5, 0.6) is 5.75 Å². The summed E-state index contributed by atoms with van der Waals surface area (Å²) >= 11 is 0. The molecular formula is C29H31F4N7O3. The van der Waals surface area contributed by atoms with Gasteiger partial charge in [-0.3, -0.25) is 9.63 Å². The summed E-state index contributed by atoms with van der Waals surface area (Å²) in [6, 6.07) is 6.85. The highest BCUT2D eigenvalue weighted by Gasteiger charge is 2.35. The fourth-order valence-corrected chi connectivity index (χ4v) is 5.07. The molecule has 1 aromatic heterocycles. The van der Waals surface area contributed by atoms with Crippen LogP contribution in [0.25, 0.3) is 0 Å². The SMILES string of the molecule is C=CC(=O)Nc1cc(Nc2cc(N3OCC[C@@H]3c3cc(F)cc(C(F)(F)F)c3)ncn2)c(OC)cc1N1CCN(C)CC1. The number of alkyl halides is 3. The van der Waals surface area contributed by atoms with Crippen molar-refractivity contribution in [2.75, 3.05) is 67.5 Å². The number of carbonyl (C=O) groups excluding carboxylic acids is 1. The van der Waals surface area contributed by atoms with Crippen molar-refractivity contribution >= 4 is 34.6 Å². The summed E-state index contributed by atoms with van der Waals surface area (Å²) in [5.41, 5.74) is 0.855. The van der Waals surface area contributed by atoms with Gasteiger partial charge in [0.25, 0.3) is 0 Å². The number of hydrogen-bond donors (Lipinski definition) is 2. The van der Waals surface area contributed by atoms with Gasteiger partial charge in [0.2, 0.25) is 5.91 Å². The third-order valence-corrected chi connectivity index (χ3v) is 7.28. The maximum absolute atomic E-state index is 14.2. The predicted molar refractivity (Wildman–Crippen MR) is 154 cm³/mol. The van der Waals surface area contributed by atoms with E-state index < -0.39 is 23.6 Å². The normalized spacial score (nSPS) is 17.6. The van der Waals surface area contributed by atoms with Crippen molar-refractivity contribution in [1.82, 2.24) is 14.9 Å². The number of amides is 1. The summed E-state index contributed by atoms with van der Waals surface area (Å²) in [7, 11) is 3.58. The third-order valence-electron chi connectivity index (χ3n) is 7.28.